The molecule has 16 heavy (non-hydrogen) atoms. The molecule has 3 nitrogen and oxygen atoms in total. The summed E-state index contributed by atoms with van der Waals surface area (Å²) in [6, 6.07) is 0. The van der Waals surface area contributed by atoms with Crippen LogP contribution in [0.1, 0.15) is 59.8 Å². The van der Waals surface area contributed by atoms with Crippen LogP contribution in [-0.2, 0) is 4.79 Å². The van der Waals surface area contributed by atoms with Crippen LogP contribution in [0.4, 0.5) is 0 Å². The summed E-state index contributed by atoms with van der Waals surface area (Å²) in [7, 11) is 0. The second-order valence-electron chi connectivity index (χ2n) is 4.96. The predicted octanol–water partition coefficient (Wildman–Crippen LogP) is 2.51. The normalized spacial score (nSPS) is 30.1. The molecule has 0 aromatic carbocycles. The Bertz CT molecular complexity index is 242. The van der Waals surface area contributed by atoms with Gasteiger partial charge in [-0.2, -0.15) is 0 Å². The van der Waals surface area contributed by atoms with Gasteiger partial charge in [0, 0.05) is 6.54 Å². The van der Waals surface area contributed by atoms with Crippen molar-refractivity contribution < 1.29 is 4.79 Å². The molecule has 0 aliphatic carbocycles. The fourth-order valence-electron chi connectivity index (χ4n) is 2.33. The summed E-state index contributed by atoms with van der Waals surface area (Å²) in [6.45, 7) is 9.34. The van der Waals surface area contributed by atoms with Crippen molar-refractivity contribution in [2.45, 2.75) is 71.5 Å². The smallest absolute Gasteiger partial charge is 0.243 e. The molecule has 0 bridgehead atoms. The Labute approximate surface area is 99.6 Å². The molecule has 1 saturated heterocycles. The number of carbonyl (C=O) groups excluding carboxylic acids is 1. The molecule has 0 saturated carbocycles. The fraction of sp³-hybridized carbons (Fsp3) is 0.923. The molecule has 1 aliphatic heterocycles. The van der Waals surface area contributed by atoms with Crippen molar-refractivity contribution in [3.05, 3.63) is 0 Å². The SMILES string of the molecule is CCCCCN1C(=O)C(C)(CC)NC1CC. The third-order valence-corrected chi connectivity index (χ3v) is 3.69. The Morgan fingerprint density at radius 1 is 1.31 bits per heavy atom. The third-order valence-electron chi connectivity index (χ3n) is 3.69. The zero-order valence-corrected chi connectivity index (χ0v) is 11.2. The van der Waals surface area contributed by atoms with Crippen LogP contribution >= 0.6 is 0 Å². The topological polar surface area (TPSA) is 32.3 Å². The van der Waals surface area contributed by atoms with E-state index in [-0.39, 0.29) is 17.6 Å². The summed E-state index contributed by atoms with van der Waals surface area (Å²) in [5.74, 6) is 0.290. The second kappa shape index (κ2) is 5.67. The first-order chi connectivity index (χ1) is 7.59. The van der Waals surface area contributed by atoms with Gasteiger partial charge >= 0.3 is 0 Å². The first kappa shape index (κ1) is 13.5. The lowest BCUT2D eigenvalue weighted by molar-refractivity contribution is -0.133. The van der Waals surface area contributed by atoms with E-state index >= 15 is 0 Å². The van der Waals surface area contributed by atoms with Crippen molar-refractivity contribution in [2.24, 2.45) is 0 Å². The molecule has 3 heteroatoms. The summed E-state index contributed by atoms with van der Waals surface area (Å²) in [6.07, 6.45) is 5.65. The lowest BCUT2D eigenvalue weighted by atomic mass is 9.99. The number of carbonyl (C=O) groups is 1. The predicted molar refractivity (Wildman–Crippen MR) is 67.1 cm³/mol. The Morgan fingerprint density at radius 2 is 2.00 bits per heavy atom. The van der Waals surface area contributed by atoms with Gasteiger partial charge in [0.1, 0.15) is 0 Å². The van der Waals surface area contributed by atoms with E-state index in [9.17, 15) is 4.79 Å². The summed E-state index contributed by atoms with van der Waals surface area (Å²) in [5.41, 5.74) is -0.326. The van der Waals surface area contributed by atoms with Gasteiger partial charge in [-0.3, -0.25) is 10.1 Å². The molecule has 2 atom stereocenters. The number of nitrogens with one attached hydrogen (secondary N) is 1. The highest BCUT2D eigenvalue weighted by Gasteiger charge is 2.45. The van der Waals surface area contributed by atoms with Crippen LogP contribution in [0.2, 0.25) is 0 Å². The minimum atomic E-state index is -0.326. The number of unbranched alkanes of at least 4 members (excludes halogenated alkanes) is 2. The number of amides is 1. The largest absolute Gasteiger partial charge is 0.326 e. The molecule has 0 spiro atoms. The summed E-state index contributed by atoms with van der Waals surface area (Å²) >= 11 is 0. The van der Waals surface area contributed by atoms with Crippen LogP contribution < -0.4 is 5.32 Å². The van der Waals surface area contributed by atoms with Crippen LogP contribution in [0.15, 0.2) is 0 Å². The van der Waals surface area contributed by atoms with Crippen molar-refractivity contribution in [2.75, 3.05) is 6.54 Å². The molecule has 1 amide bonds. The monoisotopic (exact) mass is 226 g/mol. The van der Waals surface area contributed by atoms with Crippen LogP contribution in [0.5, 0.6) is 0 Å². The molecule has 0 aromatic heterocycles. The van der Waals surface area contributed by atoms with E-state index in [0.717, 1.165) is 25.8 Å². The lowest BCUT2D eigenvalue weighted by Gasteiger charge is -2.23. The third kappa shape index (κ3) is 2.57. The molecular weight excluding hydrogens is 200 g/mol. The zero-order chi connectivity index (χ0) is 12.2. The van der Waals surface area contributed by atoms with Gasteiger partial charge in [0.15, 0.2) is 0 Å². The average molecular weight is 226 g/mol. The van der Waals surface area contributed by atoms with Gasteiger partial charge in [-0.1, -0.05) is 33.6 Å². The number of rotatable bonds is 6. The molecule has 1 rings (SSSR count). The first-order valence-electron chi connectivity index (χ1n) is 6.67. The number of hydrogen-bond donors (Lipinski definition) is 1. The van der Waals surface area contributed by atoms with E-state index in [0.29, 0.717) is 0 Å². The number of hydrogen-bond acceptors (Lipinski definition) is 2. The van der Waals surface area contributed by atoms with Crippen LogP contribution in [0, 0.1) is 0 Å². The van der Waals surface area contributed by atoms with E-state index in [1.54, 1.807) is 0 Å². The molecule has 0 radical (unpaired) electrons. The van der Waals surface area contributed by atoms with Crippen molar-refractivity contribution >= 4 is 5.91 Å². The quantitative estimate of drug-likeness (QED) is 0.706. The Kier molecular flexibility index (Phi) is 4.78. The highest BCUT2D eigenvalue weighted by atomic mass is 16.2. The van der Waals surface area contributed by atoms with E-state index in [1.807, 2.05) is 11.8 Å². The summed E-state index contributed by atoms with van der Waals surface area (Å²) < 4.78 is 0. The minimum Gasteiger partial charge on any atom is -0.326 e. The maximum absolute atomic E-state index is 12.3. The first-order valence-corrected chi connectivity index (χ1v) is 6.67. The van der Waals surface area contributed by atoms with Gasteiger partial charge in [0.05, 0.1) is 11.7 Å². The summed E-state index contributed by atoms with van der Waals surface area (Å²) in [4.78, 5) is 14.3. The zero-order valence-electron chi connectivity index (χ0n) is 11.2. The number of nitrogens with zero attached hydrogens (tertiary/aromatic N) is 1. The van der Waals surface area contributed by atoms with Gasteiger partial charge < -0.3 is 4.90 Å². The van der Waals surface area contributed by atoms with Crippen molar-refractivity contribution in [1.29, 1.82) is 0 Å². The van der Waals surface area contributed by atoms with E-state index in [4.69, 9.17) is 0 Å². The van der Waals surface area contributed by atoms with Gasteiger partial charge in [0.25, 0.3) is 0 Å². The van der Waals surface area contributed by atoms with Crippen molar-refractivity contribution in [3.63, 3.8) is 0 Å². The van der Waals surface area contributed by atoms with E-state index in [1.165, 1.54) is 12.8 Å². The molecule has 0 aromatic rings. The van der Waals surface area contributed by atoms with Gasteiger partial charge in [0.2, 0.25) is 5.91 Å². The fourth-order valence-corrected chi connectivity index (χ4v) is 2.33. The van der Waals surface area contributed by atoms with Gasteiger partial charge in [-0.05, 0) is 26.2 Å². The minimum absolute atomic E-state index is 0.245. The van der Waals surface area contributed by atoms with Crippen LogP contribution in [-0.4, -0.2) is 29.1 Å². The van der Waals surface area contributed by atoms with Crippen LogP contribution in [0.3, 0.4) is 0 Å². The average Bonchev–Trinajstić information content (AvgIpc) is 2.54. The van der Waals surface area contributed by atoms with Crippen molar-refractivity contribution in [3.8, 4) is 0 Å². The molecule has 94 valence electrons. The highest BCUT2D eigenvalue weighted by Crippen LogP contribution is 2.25. The Morgan fingerprint density at radius 3 is 2.50 bits per heavy atom. The second-order valence-corrected chi connectivity index (χ2v) is 4.96. The Hall–Kier alpha value is -0.570. The standard InChI is InChI=1S/C13H26N2O/c1-5-8-9-10-15-11(6-2)14-13(4,7-3)12(15)16/h11,14H,5-10H2,1-4H3. The summed E-state index contributed by atoms with van der Waals surface area (Å²) in [5, 5.41) is 3.47. The maximum Gasteiger partial charge on any atom is 0.243 e. The van der Waals surface area contributed by atoms with Crippen LogP contribution in [0.25, 0.3) is 0 Å². The van der Waals surface area contributed by atoms with Gasteiger partial charge in [-0.15, -0.1) is 0 Å². The van der Waals surface area contributed by atoms with E-state index < -0.39 is 0 Å². The molecule has 1 N–H and O–H groups in total. The highest BCUT2D eigenvalue weighted by molar-refractivity contribution is 5.88. The lowest BCUT2D eigenvalue weighted by Crippen LogP contribution is -2.43. The molecule has 2 unspecified atom stereocenters. The molecule has 1 aliphatic rings. The molecule has 1 heterocycles. The van der Waals surface area contributed by atoms with Gasteiger partial charge in [-0.25, -0.2) is 0 Å². The molecular formula is C13H26N2O. The molecule has 1 fully saturated rings. The van der Waals surface area contributed by atoms with E-state index in [2.05, 4.69) is 26.1 Å². The maximum atomic E-state index is 12.3. The van der Waals surface area contributed by atoms with Crippen molar-refractivity contribution in [1.82, 2.24) is 10.2 Å². The Balaban J connectivity index is 2.63.